The third-order valence-corrected chi connectivity index (χ3v) is 2.85. The lowest BCUT2D eigenvalue weighted by molar-refractivity contribution is -0.138. The van der Waals surface area contributed by atoms with Crippen molar-refractivity contribution in [1.29, 1.82) is 0 Å². The first kappa shape index (κ1) is 11.5. The van der Waals surface area contributed by atoms with Crippen LogP contribution >= 0.6 is 0 Å². The van der Waals surface area contributed by atoms with Crippen LogP contribution in [0.15, 0.2) is 42.7 Å². The predicted molar refractivity (Wildman–Crippen MR) is 65.0 cm³/mol. The monoisotopic (exact) mass is 232 g/mol. The van der Waals surface area contributed by atoms with Crippen LogP contribution in [-0.4, -0.2) is 34.6 Å². The Morgan fingerprint density at radius 2 is 2.06 bits per heavy atom. The smallest absolute Gasteiger partial charge is 0.305 e. The van der Waals surface area contributed by atoms with Crippen molar-refractivity contribution in [3.05, 3.63) is 48.3 Å². The van der Waals surface area contributed by atoms with E-state index < -0.39 is 5.97 Å². The van der Waals surface area contributed by atoms with Gasteiger partial charge in [0.1, 0.15) is 0 Å². The molecule has 0 fully saturated rings. The third-order valence-electron chi connectivity index (χ3n) is 2.85. The summed E-state index contributed by atoms with van der Waals surface area (Å²) in [4.78, 5) is 15.0. The highest BCUT2D eigenvalue weighted by molar-refractivity contribution is 5.68. The molecule has 0 bridgehead atoms. The number of carboxylic acids is 1. The summed E-state index contributed by atoms with van der Waals surface area (Å²) in [5.74, 6) is -0.776. The highest BCUT2D eigenvalue weighted by Crippen LogP contribution is 2.26. The van der Waals surface area contributed by atoms with E-state index in [-0.39, 0.29) is 12.5 Å². The quantitative estimate of drug-likeness (QED) is 0.860. The number of aliphatic carboxylic acids is 1. The number of nitrogens with zero attached hydrogens (tertiary/aromatic N) is 2. The van der Waals surface area contributed by atoms with Crippen LogP contribution in [0.3, 0.4) is 0 Å². The Morgan fingerprint density at radius 1 is 1.35 bits per heavy atom. The summed E-state index contributed by atoms with van der Waals surface area (Å²) in [6, 6.07) is 9.66. The maximum atomic E-state index is 11.0. The molecule has 1 aliphatic rings. The molecule has 0 saturated carbocycles. The summed E-state index contributed by atoms with van der Waals surface area (Å²) >= 11 is 0. The molecule has 0 spiro atoms. The molecule has 1 heterocycles. The van der Waals surface area contributed by atoms with Crippen LogP contribution in [0.5, 0.6) is 0 Å². The van der Waals surface area contributed by atoms with Gasteiger partial charge in [0.05, 0.1) is 19.1 Å². The Kier molecular flexibility index (Phi) is 3.32. The normalized spacial score (nSPS) is 16.3. The standard InChI is InChI=1S/C13H16N2O2/c1-14-7-8-15(10-14)12(9-13(16)17)11-5-3-2-4-6-11/h2-8,12H,9-10H2,1H3,(H,16,17). The van der Waals surface area contributed by atoms with Crippen LogP contribution in [0.2, 0.25) is 0 Å². The van der Waals surface area contributed by atoms with Gasteiger partial charge in [-0.05, 0) is 5.56 Å². The first-order valence-electron chi connectivity index (χ1n) is 5.58. The van der Waals surface area contributed by atoms with E-state index in [4.69, 9.17) is 5.11 Å². The molecular weight excluding hydrogens is 216 g/mol. The van der Waals surface area contributed by atoms with E-state index in [2.05, 4.69) is 0 Å². The topological polar surface area (TPSA) is 43.8 Å². The van der Waals surface area contributed by atoms with Crippen molar-refractivity contribution < 1.29 is 9.90 Å². The van der Waals surface area contributed by atoms with Gasteiger partial charge in [-0.15, -0.1) is 0 Å². The van der Waals surface area contributed by atoms with Crippen LogP contribution < -0.4 is 0 Å². The molecule has 1 atom stereocenters. The molecule has 17 heavy (non-hydrogen) atoms. The summed E-state index contributed by atoms with van der Waals surface area (Å²) in [7, 11) is 1.97. The van der Waals surface area contributed by atoms with Crippen molar-refractivity contribution >= 4 is 5.97 Å². The van der Waals surface area contributed by atoms with Gasteiger partial charge in [0.2, 0.25) is 0 Å². The van der Waals surface area contributed by atoms with Gasteiger partial charge < -0.3 is 14.9 Å². The Bertz CT molecular complexity index is 417. The molecule has 1 aliphatic heterocycles. The molecule has 1 N–H and O–H groups in total. The molecule has 0 saturated heterocycles. The van der Waals surface area contributed by atoms with Crippen molar-refractivity contribution in [2.45, 2.75) is 12.5 Å². The number of rotatable bonds is 4. The van der Waals surface area contributed by atoms with E-state index >= 15 is 0 Å². The van der Waals surface area contributed by atoms with E-state index in [1.54, 1.807) is 0 Å². The minimum Gasteiger partial charge on any atom is -0.481 e. The molecule has 4 heteroatoms. The highest BCUT2D eigenvalue weighted by Gasteiger charge is 2.23. The van der Waals surface area contributed by atoms with Crippen LogP contribution in [0.4, 0.5) is 0 Å². The molecule has 4 nitrogen and oxygen atoms in total. The molecule has 0 aromatic heterocycles. The Labute approximate surface area is 101 Å². The zero-order chi connectivity index (χ0) is 12.3. The number of carbonyl (C=O) groups is 1. The van der Waals surface area contributed by atoms with Crippen molar-refractivity contribution in [2.24, 2.45) is 0 Å². The zero-order valence-corrected chi connectivity index (χ0v) is 9.78. The highest BCUT2D eigenvalue weighted by atomic mass is 16.4. The SMILES string of the molecule is CN1C=CN(C(CC(=O)O)c2ccccc2)C1. The predicted octanol–water partition coefficient (Wildman–Crippen LogP) is 1.88. The number of hydrogen-bond acceptors (Lipinski definition) is 3. The average molecular weight is 232 g/mol. The minimum atomic E-state index is -0.776. The summed E-state index contributed by atoms with van der Waals surface area (Å²) in [6.45, 7) is 0.729. The van der Waals surface area contributed by atoms with Crippen molar-refractivity contribution in [2.75, 3.05) is 13.7 Å². The lowest BCUT2D eigenvalue weighted by atomic mass is 10.0. The van der Waals surface area contributed by atoms with Gasteiger partial charge >= 0.3 is 5.97 Å². The average Bonchev–Trinajstić information content (AvgIpc) is 2.73. The summed E-state index contributed by atoms with van der Waals surface area (Å²) < 4.78 is 0. The second-order valence-corrected chi connectivity index (χ2v) is 4.24. The second-order valence-electron chi connectivity index (χ2n) is 4.24. The van der Waals surface area contributed by atoms with Crippen molar-refractivity contribution in [1.82, 2.24) is 9.80 Å². The molecule has 0 amide bonds. The minimum absolute atomic E-state index is 0.102. The first-order valence-corrected chi connectivity index (χ1v) is 5.58. The third kappa shape index (κ3) is 2.78. The van der Waals surface area contributed by atoms with E-state index in [0.717, 1.165) is 12.2 Å². The fourth-order valence-corrected chi connectivity index (χ4v) is 2.02. The Balaban J connectivity index is 2.20. The van der Waals surface area contributed by atoms with E-state index in [1.165, 1.54) is 0 Å². The van der Waals surface area contributed by atoms with Gasteiger partial charge in [-0.2, -0.15) is 0 Å². The summed E-state index contributed by atoms with van der Waals surface area (Å²) in [5.41, 5.74) is 1.04. The number of carboxylic acid groups (broad SMARTS) is 1. The fourth-order valence-electron chi connectivity index (χ4n) is 2.02. The molecule has 1 aromatic rings. The van der Waals surface area contributed by atoms with Crippen molar-refractivity contribution in [3.8, 4) is 0 Å². The van der Waals surface area contributed by atoms with E-state index in [1.807, 2.05) is 59.6 Å². The van der Waals surface area contributed by atoms with Gasteiger partial charge in [-0.3, -0.25) is 4.79 Å². The second kappa shape index (κ2) is 4.91. The number of benzene rings is 1. The Morgan fingerprint density at radius 3 is 2.59 bits per heavy atom. The van der Waals surface area contributed by atoms with Gasteiger partial charge in [-0.1, -0.05) is 30.3 Å². The van der Waals surface area contributed by atoms with E-state index in [9.17, 15) is 4.79 Å². The lowest BCUT2D eigenvalue weighted by Gasteiger charge is -2.28. The van der Waals surface area contributed by atoms with Crippen LogP contribution in [0.1, 0.15) is 18.0 Å². The Hall–Kier alpha value is -1.97. The maximum absolute atomic E-state index is 11.0. The van der Waals surface area contributed by atoms with Gasteiger partial charge in [0.15, 0.2) is 0 Å². The molecule has 1 unspecified atom stereocenters. The maximum Gasteiger partial charge on any atom is 0.305 e. The molecule has 0 aliphatic carbocycles. The fraction of sp³-hybridized carbons (Fsp3) is 0.308. The molecular formula is C13H16N2O2. The summed E-state index contributed by atoms with van der Waals surface area (Å²) in [6.07, 6.45) is 4.01. The largest absolute Gasteiger partial charge is 0.481 e. The van der Waals surface area contributed by atoms with Crippen LogP contribution in [0, 0.1) is 0 Å². The summed E-state index contributed by atoms with van der Waals surface area (Å²) in [5, 5.41) is 9.01. The zero-order valence-electron chi connectivity index (χ0n) is 9.78. The number of hydrogen-bond donors (Lipinski definition) is 1. The van der Waals surface area contributed by atoms with Gasteiger partial charge in [0, 0.05) is 19.4 Å². The van der Waals surface area contributed by atoms with Gasteiger partial charge in [0.25, 0.3) is 0 Å². The van der Waals surface area contributed by atoms with Crippen LogP contribution in [0.25, 0.3) is 0 Å². The van der Waals surface area contributed by atoms with Gasteiger partial charge in [-0.25, -0.2) is 0 Å². The molecule has 90 valence electrons. The lowest BCUT2D eigenvalue weighted by Crippen LogP contribution is -2.28. The first-order chi connectivity index (χ1) is 8.16. The van der Waals surface area contributed by atoms with Crippen molar-refractivity contribution in [3.63, 3.8) is 0 Å². The molecule has 1 aromatic carbocycles. The molecule has 0 radical (unpaired) electrons. The molecule has 2 rings (SSSR count). The van der Waals surface area contributed by atoms with E-state index in [0.29, 0.717) is 0 Å². The van der Waals surface area contributed by atoms with Crippen LogP contribution in [-0.2, 0) is 4.79 Å².